The number of carbonyl (C=O) groups is 1. The van der Waals surface area contributed by atoms with Crippen LogP contribution in [0.25, 0.3) is 16.9 Å². The van der Waals surface area contributed by atoms with Crippen LogP contribution in [0.1, 0.15) is 24.8 Å². The van der Waals surface area contributed by atoms with Gasteiger partial charge in [0.15, 0.2) is 5.65 Å². The minimum Gasteiger partial charge on any atom is -0.495 e. The van der Waals surface area contributed by atoms with E-state index in [1.54, 1.807) is 24.8 Å². The van der Waals surface area contributed by atoms with E-state index in [0.29, 0.717) is 29.4 Å². The van der Waals surface area contributed by atoms with Crippen molar-refractivity contribution in [2.75, 3.05) is 19.5 Å². The van der Waals surface area contributed by atoms with Crippen LogP contribution >= 0.6 is 0 Å². The number of nitrogens with one attached hydrogen (secondary N) is 1. The SMILES string of the molecule is CCC(C(=O)Nc1cc(-c2cn3nc(OC)ccc3n2)ccc1OC)c1ccccc1. The van der Waals surface area contributed by atoms with Crippen molar-refractivity contribution in [3.8, 4) is 22.9 Å². The summed E-state index contributed by atoms with van der Waals surface area (Å²) in [4.78, 5) is 17.7. The molecule has 0 fully saturated rings. The molecule has 2 heterocycles. The van der Waals surface area contributed by atoms with Gasteiger partial charge in [-0.25, -0.2) is 9.50 Å². The molecule has 31 heavy (non-hydrogen) atoms. The molecule has 0 bridgehead atoms. The predicted molar refractivity (Wildman–Crippen MR) is 120 cm³/mol. The molecule has 1 atom stereocenters. The first-order valence-corrected chi connectivity index (χ1v) is 10.1. The molecule has 1 N–H and O–H groups in total. The van der Waals surface area contributed by atoms with Gasteiger partial charge in [-0.15, -0.1) is 5.10 Å². The van der Waals surface area contributed by atoms with E-state index in [2.05, 4.69) is 15.4 Å². The number of methoxy groups -OCH3 is 2. The molecule has 0 spiro atoms. The Balaban J connectivity index is 1.65. The van der Waals surface area contributed by atoms with Gasteiger partial charge in [-0.2, -0.15) is 0 Å². The fourth-order valence-corrected chi connectivity index (χ4v) is 3.56. The Morgan fingerprint density at radius 1 is 1.06 bits per heavy atom. The van der Waals surface area contributed by atoms with E-state index >= 15 is 0 Å². The number of nitrogens with zero attached hydrogens (tertiary/aromatic N) is 3. The van der Waals surface area contributed by atoms with Crippen LogP contribution in [0.15, 0.2) is 66.9 Å². The fourth-order valence-electron chi connectivity index (χ4n) is 3.56. The van der Waals surface area contributed by atoms with Crippen LogP contribution in [-0.2, 0) is 4.79 Å². The fraction of sp³-hybridized carbons (Fsp3) is 0.208. The minimum atomic E-state index is -0.249. The number of aromatic nitrogens is 3. The molecule has 7 nitrogen and oxygen atoms in total. The van der Waals surface area contributed by atoms with Gasteiger partial charge in [0.25, 0.3) is 0 Å². The Bertz CT molecular complexity index is 1200. The molecule has 2 aromatic heterocycles. The summed E-state index contributed by atoms with van der Waals surface area (Å²) in [7, 11) is 3.16. The number of imidazole rings is 1. The van der Waals surface area contributed by atoms with Crippen LogP contribution in [0, 0.1) is 0 Å². The summed E-state index contributed by atoms with van der Waals surface area (Å²) >= 11 is 0. The van der Waals surface area contributed by atoms with Gasteiger partial charge in [0.1, 0.15) is 5.75 Å². The predicted octanol–water partition coefficient (Wildman–Crippen LogP) is 4.55. The maximum atomic E-state index is 13.1. The first-order valence-electron chi connectivity index (χ1n) is 10.1. The normalized spacial score (nSPS) is 11.8. The Labute approximate surface area is 180 Å². The van der Waals surface area contributed by atoms with Crippen molar-refractivity contribution < 1.29 is 14.3 Å². The Hall–Kier alpha value is -3.87. The van der Waals surface area contributed by atoms with Gasteiger partial charge < -0.3 is 14.8 Å². The minimum absolute atomic E-state index is 0.0782. The third-order valence-electron chi connectivity index (χ3n) is 5.18. The highest BCUT2D eigenvalue weighted by Crippen LogP contribution is 2.32. The van der Waals surface area contributed by atoms with E-state index < -0.39 is 0 Å². The van der Waals surface area contributed by atoms with Crippen molar-refractivity contribution in [3.05, 3.63) is 72.4 Å². The van der Waals surface area contributed by atoms with Crippen molar-refractivity contribution in [2.24, 2.45) is 0 Å². The largest absolute Gasteiger partial charge is 0.495 e. The molecule has 7 heteroatoms. The van der Waals surface area contributed by atoms with Gasteiger partial charge in [0, 0.05) is 11.6 Å². The number of carbonyl (C=O) groups excluding carboxylic acids is 1. The molecule has 2 aromatic carbocycles. The highest BCUT2D eigenvalue weighted by molar-refractivity contribution is 5.97. The molecule has 4 rings (SSSR count). The van der Waals surface area contributed by atoms with E-state index in [1.807, 2.05) is 67.7 Å². The lowest BCUT2D eigenvalue weighted by molar-refractivity contribution is -0.117. The van der Waals surface area contributed by atoms with Crippen molar-refractivity contribution in [1.29, 1.82) is 0 Å². The smallest absolute Gasteiger partial charge is 0.232 e. The third-order valence-corrected chi connectivity index (χ3v) is 5.18. The Morgan fingerprint density at radius 3 is 2.58 bits per heavy atom. The van der Waals surface area contributed by atoms with E-state index in [1.165, 1.54) is 0 Å². The topological polar surface area (TPSA) is 77.8 Å². The lowest BCUT2D eigenvalue weighted by atomic mass is 9.95. The summed E-state index contributed by atoms with van der Waals surface area (Å²) in [5.74, 6) is 0.765. The lowest BCUT2D eigenvalue weighted by Gasteiger charge is -2.17. The van der Waals surface area contributed by atoms with Crippen LogP contribution in [0.5, 0.6) is 11.6 Å². The molecule has 4 aromatic rings. The van der Waals surface area contributed by atoms with E-state index in [-0.39, 0.29) is 11.8 Å². The monoisotopic (exact) mass is 416 g/mol. The van der Waals surface area contributed by atoms with Crippen molar-refractivity contribution in [1.82, 2.24) is 14.6 Å². The summed E-state index contributed by atoms with van der Waals surface area (Å²) in [6, 6.07) is 19.0. The average Bonchev–Trinajstić information content (AvgIpc) is 3.23. The second-order valence-corrected chi connectivity index (χ2v) is 7.08. The molecule has 1 amide bonds. The van der Waals surface area contributed by atoms with Crippen LogP contribution in [0.2, 0.25) is 0 Å². The number of fused-ring (bicyclic) bond motifs is 1. The maximum absolute atomic E-state index is 13.1. The summed E-state index contributed by atoms with van der Waals surface area (Å²) in [6.45, 7) is 2.00. The molecular weight excluding hydrogens is 392 g/mol. The number of benzene rings is 2. The van der Waals surface area contributed by atoms with Crippen molar-refractivity contribution in [2.45, 2.75) is 19.3 Å². The first kappa shape index (κ1) is 20.4. The first-order chi connectivity index (χ1) is 15.1. The second-order valence-electron chi connectivity index (χ2n) is 7.08. The second kappa shape index (κ2) is 8.87. The average molecular weight is 416 g/mol. The molecule has 0 radical (unpaired) electrons. The van der Waals surface area contributed by atoms with Crippen molar-refractivity contribution in [3.63, 3.8) is 0 Å². The molecule has 0 aliphatic rings. The molecule has 0 saturated carbocycles. The highest BCUT2D eigenvalue weighted by Gasteiger charge is 2.20. The van der Waals surface area contributed by atoms with Gasteiger partial charge in [-0.05, 0) is 36.2 Å². The molecule has 0 aliphatic heterocycles. The van der Waals surface area contributed by atoms with Crippen LogP contribution < -0.4 is 14.8 Å². The van der Waals surface area contributed by atoms with Crippen LogP contribution in [-0.4, -0.2) is 34.7 Å². The number of ether oxygens (including phenoxy) is 2. The third kappa shape index (κ3) is 4.21. The Morgan fingerprint density at radius 2 is 1.87 bits per heavy atom. The quantitative estimate of drug-likeness (QED) is 0.478. The zero-order valence-electron chi connectivity index (χ0n) is 17.7. The summed E-state index contributed by atoms with van der Waals surface area (Å²) in [5, 5.41) is 7.39. The lowest BCUT2D eigenvalue weighted by Crippen LogP contribution is -2.21. The van der Waals surface area contributed by atoms with Crippen LogP contribution in [0.4, 0.5) is 5.69 Å². The molecule has 0 aliphatic carbocycles. The van der Waals surface area contributed by atoms with E-state index in [4.69, 9.17) is 9.47 Å². The van der Waals surface area contributed by atoms with Gasteiger partial charge >= 0.3 is 0 Å². The number of hydrogen-bond acceptors (Lipinski definition) is 5. The number of hydrogen-bond donors (Lipinski definition) is 1. The molecule has 158 valence electrons. The van der Waals surface area contributed by atoms with Gasteiger partial charge in [-0.3, -0.25) is 4.79 Å². The van der Waals surface area contributed by atoms with E-state index in [9.17, 15) is 4.79 Å². The Kier molecular flexibility index (Phi) is 5.84. The van der Waals surface area contributed by atoms with E-state index in [0.717, 1.165) is 16.8 Å². The van der Waals surface area contributed by atoms with Gasteiger partial charge in [0.2, 0.25) is 11.8 Å². The van der Waals surface area contributed by atoms with Crippen LogP contribution in [0.3, 0.4) is 0 Å². The standard InChI is InChI=1S/C24H24N4O3/c1-4-18(16-8-6-5-7-9-16)24(29)26-19-14-17(10-11-21(19)30-2)20-15-28-22(25-20)12-13-23(27-28)31-3/h5-15,18H,4H2,1-3H3,(H,26,29). The number of anilines is 1. The zero-order valence-corrected chi connectivity index (χ0v) is 17.7. The summed E-state index contributed by atoms with van der Waals surface area (Å²) in [5.41, 5.74) is 3.86. The summed E-state index contributed by atoms with van der Waals surface area (Å²) in [6.07, 6.45) is 2.52. The zero-order chi connectivity index (χ0) is 21.8. The van der Waals surface area contributed by atoms with Crippen molar-refractivity contribution >= 4 is 17.2 Å². The number of amides is 1. The number of rotatable bonds is 7. The van der Waals surface area contributed by atoms with Gasteiger partial charge in [-0.1, -0.05) is 37.3 Å². The van der Waals surface area contributed by atoms with Gasteiger partial charge in [0.05, 0.1) is 37.7 Å². The highest BCUT2D eigenvalue weighted by atomic mass is 16.5. The molecule has 1 unspecified atom stereocenters. The molecular formula is C24H24N4O3. The summed E-state index contributed by atoms with van der Waals surface area (Å²) < 4.78 is 12.3. The molecule has 0 saturated heterocycles. The maximum Gasteiger partial charge on any atom is 0.232 e.